The highest BCUT2D eigenvalue weighted by atomic mass is 35.5. The normalized spacial score (nSPS) is 17.9. The fourth-order valence-electron chi connectivity index (χ4n) is 2.43. The van der Waals surface area contributed by atoms with Gasteiger partial charge in [0.25, 0.3) is 5.91 Å². The molecule has 8 heteroatoms. The summed E-state index contributed by atoms with van der Waals surface area (Å²) in [7, 11) is 0. The van der Waals surface area contributed by atoms with Gasteiger partial charge < -0.3 is 15.0 Å². The minimum absolute atomic E-state index is 0. The summed E-state index contributed by atoms with van der Waals surface area (Å²) in [6.45, 7) is 1.88. The molecule has 0 spiro atoms. The van der Waals surface area contributed by atoms with Crippen molar-refractivity contribution >= 4 is 18.3 Å². The van der Waals surface area contributed by atoms with E-state index in [2.05, 4.69) is 5.32 Å². The Morgan fingerprint density at radius 3 is 2.54 bits per heavy atom. The van der Waals surface area contributed by atoms with Crippen LogP contribution < -0.4 is 5.32 Å². The zero-order chi connectivity index (χ0) is 16.9. The van der Waals surface area contributed by atoms with E-state index in [1.165, 1.54) is 0 Å². The predicted molar refractivity (Wildman–Crippen MR) is 87.4 cm³/mol. The van der Waals surface area contributed by atoms with Gasteiger partial charge in [0.05, 0.1) is 6.61 Å². The van der Waals surface area contributed by atoms with Crippen LogP contribution in [0.15, 0.2) is 24.3 Å². The lowest BCUT2D eigenvalue weighted by molar-refractivity contribution is -0.169. The van der Waals surface area contributed by atoms with Crippen LogP contribution in [0.3, 0.4) is 0 Å². The Balaban J connectivity index is 0.00000288. The van der Waals surface area contributed by atoms with E-state index < -0.39 is 24.7 Å². The number of carbonyl (C=O) groups excluding carboxylic acids is 1. The second kappa shape index (κ2) is 9.25. The van der Waals surface area contributed by atoms with Crippen molar-refractivity contribution in [2.45, 2.75) is 25.6 Å². The maximum Gasteiger partial charge on any atom is 0.406 e. The molecule has 0 unspecified atom stereocenters. The van der Waals surface area contributed by atoms with Crippen LogP contribution >= 0.6 is 12.4 Å². The summed E-state index contributed by atoms with van der Waals surface area (Å²) in [4.78, 5) is 13.2. The molecule has 1 saturated heterocycles. The van der Waals surface area contributed by atoms with Crippen molar-refractivity contribution in [3.63, 3.8) is 0 Å². The van der Waals surface area contributed by atoms with E-state index in [1.54, 1.807) is 0 Å². The molecular formula is C16H22ClF3N2O2. The van der Waals surface area contributed by atoms with Gasteiger partial charge in [-0.25, -0.2) is 0 Å². The van der Waals surface area contributed by atoms with Crippen molar-refractivity contribution in [2.75, 3.05) is 32.8 Å². The maximum atomic E-state index is 12.8. The highest BCUT2D eigenvalue weighted by Gasteiger charge is 2.36. The van der Waals surface area contributed by atoms with Gasteiger partial charge in [0.2, 0.25) is 0 Å². The molecular weight excluding hydrogens is 345 g/mol. The Morgan fingerprint density at radius 2 is 2.00 bits per heavy atom. The second-order valence-corrected chi connectivity index (χ2v) is 5.67. The van der Waals surface area contributed by atoms with Crippen molar-refractivity contribution in [2.24, 2.45) is 0 Å². The molecule has 0 bridgehead atoms. The summed E-state index contributed by atoms with van der Waals surface area (Å²) in [5.41, 5.74) is 1.98. The average Bonchev–Trinajstić information content (AvgIpc) is 2.52. The molecule has 1 aliphatic rings. The third kappa shape index (κ3) is 6.67. The Hall–Kier alpha value is -1.31. The topological polar surface area (TPSA) is 41.6 Å². The highest BCUT2D eigenvalue weighted by Crippen LogP contribution is 2.18. The Bertz CT molecular complexity index is 517. The number of hydrogen-bond donors (Lipinski definition) is 1. The number of halogens is 4. The number of alkyl halides is 3. The molecule has 1 N–H and O–H groups in total. The smallest absolute Gasteiger partial charge is 0.366 e. The molecule has 1 atom stereocenters. The van der Waals surface area contributed by atoms with E-state index in [0.717, 1.165) is 16.0 Å². The first kappa shape index (κ1) is 20.7. The number of ether oxygens (including phenoxy) is 1. The number of aryl methyl sites for hydroxylation is 1. The summed E-state index contributed by atoms with van der Waals surface area (Å²) < 4.78 is 43.6. The quantitative estimate of drug-likeness (QED) is 0.869. The third-order valence-corrected chi connectivity index (χ3v) is 3.68. The van der Waals surface area contributed by atoms with Crippen molar-refractivity contribution in [1.29, 1.82) is 0 Å². The molecule has 136 valence electrons. The van der Waals surface area contributed by atoms with Crippen LogP contribution in [0.25, 0.3) is 0 Å². The van der Waals surface area contributed by atoms with Crippen LogP contribution in [0, 0.1) is 6.92 Å². The maximum absolute atomic E-state index is 12.8. The van der Waals surface area contributed by atoms with Gasteiger partial charge in [-0.1, -0.05) is 29.8 Å². The summed E-state index contributed by atoms with van der Waals surface area (Å²) in [5, 5.41) is 2.96. The molecule has 1 aromatic carbocycles. The summed E-state index contributed by atoms with van der Waals surface area (Å²) >= 11 is 0. The number of benzene rings is 1. The highest BCUT2D eigenvalue weighted by molar-refractivity contribution is 5.85. The van der Waals surface area contributed by atoms with E-state index in [-0.39, 0.29) is 25.5 Å². The largest absolute Gasteiger partial charge is 0.406 e. The van der Waals surface area contributed by atoms with Crippen molar-refractivity contribution in [3.8, 4) is 0 Å². The fraction of sp³-hybridized carbons (Fsp3) is 0.562. The first-order valence-corrected chi connectivity index (χ1v) is 7.58. The Kier molecular flexibility index (Phi) is 7.99. The number of nitrogens with one attached hydrogen (secondary N) is 1. The van der Waals surface area contributed by atoms with Crippen LogP contribution in [0.5, 0.6) is 0 Å². The van der Waals surface area contributed by atoms with Gasteiger partial charge in [-0.05, 0) is 18.9 Å². The lowest BCUT2D eigenvalue weighted by Gasteiger charge is -2.30. The van der Waals surface area contributed by atoms with E-state index in [1.807, 2.05) is 31.2 Å². The molecule has 4 nitrogen and oxygen atoms in total. The first-order valence-electron chi connectivity index (χ1n) is 7.58. The summed E-state index contributed by atoms with van der Waals surface area (Å²) in [6, 6.07) is 7.54. The van der Waals surface area contributed by atoms with Crippen molar-refractivity contribution in [1.82, 2.24) is 10.2 Å². The lowest BCUT2D eigenvalue weighted by atomic mass is 10.1. The molecule has 1 aliphatic heterocycles. The molecule has 0 radical (unpaired) electrons. The number of hydrogen-bond acceptors (Lipinski definition) is 3. The minimum Gasteiger partial charge on any atom is -0.366 e. The van der Waals surface area contributed by atoms with Crippen molar-refractivity contribution < 1.29 is 22.7 Å². The number of rotatable bonds is 5. The van der Waals surface area contributed by atoms with Gasteiger partial charge >= 0.3 is 6.18 Å². The lowest BCUT2D eigenvalue weighted by Crippen LogP contribution is -2.51. The van der Waals surface area contributed by atoms with E-state index >= 15 is 0 Å². The molecule has 0 aromatic heterocycles. The SMILES string of the molecule is Cc1ccc(CCN(CC(F)(F)F)C(=O)[C@H]2CNCCO2)cc1.Cl. The number of morpholine rings is 1. The van der Waals surface area contributed by atoms with Crippen LogP contribution in [-0.4, -0.2) is 55.9 Å². The number of carbonyl (C=O) groups is 1. The van der Waals surface area contributed by atoms with Crippen LogP contribution in [-0.2, 0) is 16.0 Å². The fourth-order valence-corrected chi connectivity index (χ4v) is 2.43. The molecule has 0 aliphatic carbocycles. The molecule has 1 aromatic rings. The average molecular weight is 367 g/mol. The second-order valence-electron chi connectivity index (χ2n) is 5.67. The van der Waals surface area contributed by atoms with E-state index in [9.17, 15) is 18.0 Å². The molecule has 1 heterocycles. The Morgan fingerprint density at radius 1 is 1.33 bits per heavy atom. The van der Waals surface area contributed by atoms with Gasteiger partial charge in [-0.3, -0.25) is 4.79 Å². The zero-order valence-electron chi connectivity index (χ0n) is 13.4. The van der Waals surface area contributed by atoms with E-state index in [4.69, 9.17) is 4.74 Å². The molecule has 24 heavy (non-hydrogen) atoms. The number of nitrogens with zero attached hydrogens (tertiary/aromatic N) is 1. The van der Waals surface area contributed by atoms with Crippen LogP contribution in [0.2, 0.25) is 0 Å². The first-order chi connectivity index (χ1) is 10.8. The van der Waals surface area contributed by atoms with Gasteiger partial charge in [-0.15, -0.1) is 12.4 Å². The molecule has 1 amide bonds. The Labute approximate surface area is 145 Å². The van der Waals surface area contributed by atoms with E-state index in [0.29, 0.717) is 19.6 Å². The molecule has 2 rings (SSSR count). The van der Waals surface area contributed by atoms with Crippen LogP contribution in [0.4, 0.5) is 13.2 Å². The molecule has 1 fully saturated rings. The summed E-state index contributed by atoms with van der Waals surface area (Å²) in [6.07, 6.45) is -4.89. The predicted octanol–water partition coefficient (Wildman–Crippen LogP) is 2.34. The van der Waals surface area contributed by atoms with Crippen LogP contribution in [0.1, 0.15) is 11.1 Å². The standard InChI is InChI=1S/C16H21F3N2O2.ClH/c1-12-2-4-13(5-3-12)6-8-21(11-16(17,18)19)15(22)14-10-20-7-9-23-14;/h2-5,14,20H,6-11H2,1H3;1H/t14-;/m1./s1. The van der Waals surface area contributed by atoms with Gasteiger partial charge in [-0.2, -0.15) is 13.2 Å². The monoisotopic (exact) mass is 366 g/mol. The number of amides is 1. The zero-order valence-corrected chi connectivity index (χ0v) is 14.3. The minimum atomic E-state index is -4.43. The van der Waals surface area contributed by atoms with Gasteiger partial charge in [0.15, 0.2) is 0 Å². The molecule has 0 saturated carbocycles. The third-order valence-electron chi connectivity index (χ3n) is 3.68. The van der Waals surface area contributed by atoms with Gasteiger partial charge in [0.1, 0.15) is 12.6 Å². The summed E-state index contributed by atoms with van der Waals surface area (Å²) in [5.74, 6) is -0.610. The van der Waals surface area contributed by atoms with Gasteiger partial charge in [0, 0.05) is 19.6 Å². The van der Waals surface area contributed by atoms with Crippen molar-refractivity contribution in [3.05, 3.63) is 35.4 Å².